The number of rotatable bonds is 2. The molecule has 0 heterocycles. The van der Waals surface area contributed by atoms with Gasteiger partial charge in [-0.05, 0) is 30.5 Å². The lowest BCUT2D eigenvalue weighted by Crippen LogP contribution is -2.20. The Balaban J connectivity index is 2.52. The topological polar surface area (TPSA) is 0 Å². The van der Waals surface area contributed by atoms with Crippen LogP contribution >= 0.6 is 0 Å². The average molecular weight is 224 g/mol. The van der Waals surface area contributed by atoms with Crippen LogP contribution in [0.3, 0.4) is 0 Å². The fourth-order valence-electron chi connectivity index (χ4n) is 2.53. The van der Waals surface area contributed by atoms with Crippen molar-refractivity contribution in [2.24, 2.45) is 0 Å². The highest BCUT2D eigenvalue weighted by Crippen LogP contribution is 2.33. The van der Waals surface area contributed by atoms with E-state index in [1.807, 2.05) is 0 Å². The van der Waals surface area contributed by atoms with Crippen LogP contribution in [0.5, 0.6) is 0 Å². The van der Waals surface area contributed by atoms with Gasteiger partial charge in [0.2, 0.25) is 0 Å². The van der Waals surface area contributed by atoms with E-state index in [0.29, 0.717) is 0 Å². The molecule has 0 heteroatoms. The minimum Gasteiger partial charge on any atom is -0.0622 e. The van der Waals surface area contributed by atoms with Gasteiger partial charge in [-0.15, -0.1) is 0 Å². The van der Waals surface area contributed by atoms with Gasteiger partial charge in [0.15, 0.2) is 0 Å². The largest absolute Gasteiger partial charge is 0.0622 e. The van der Waals surface area contributed by atoms with Crippen molar-refractivity contribution in [2.75, 3.05) is 0 Å². The second kappa shape index (κ2) is 4.37. The summed E-state index contributed by atoms with van der Waals surface area (Å²) in [5.74, 6) is 0. The van der Waals surface area contributed by atoms with Crippen molar-refractivity contribution in [1.82, 2.24) is 0 Å². The van der Waals surface area contributed by atoms with E-state index in [9.17, 15) is 0 Å². The number of aryl methyl sites for hydroxylation is 2. The molecule has 0 spiro atoms. The molecule has 0 saturated carbocycles. The minimum atomic E-state index is 0.0685. The van der Waals surface area contributed by atoms with Crippen LogP contribution in [0.4, 0.5) is 0 Å². The third kappa shape index (κ3) is 2.26. The molecule has 2 aromatic rings. The van der Waals surface area contributed by atoms with Gasteiger partial charge >= 0.3 is 0 Å². The van der Waals surface area contributed by atoms with Gasteiger partial charge in [0.1, 0.15) is 0 Å². The summed E-state index contributed by atoms with van der Waals surface area (Å²) in [4.78, 5) is 0. The molecule has 2 aromatic carbocycles. The van der Waals surface area contributed by atoms with Gasteiger partial charge in [-0.1, -0.05) is 67.9 Å². The maximum absolute atomic E-state index is 2.29. The molecule has 0 atom stereocenters. The molecule has 0 N–H and O–H groups in total. The van der Waals surface area contributed by atoms with Gasteiger partial charge in [0.25, 0.3) is 0 Å². The first kappa shape index (κ1) is 11.9. The highest BCUT2D eigenvalue weighted by molar-refractivity contribution is 5.43. The van der Waals surface area contributed by atoms with Gasteiger partial charge in [0.05, 0.1) is 0 Å². The molecule has 0 unspecified atom stereocenters. The van der Waals surface area contributed by atoms with Crippen molar-refractivity contribution < 1.29 is 0 Å². The van der Waals surface area contributed by atoms with Crippen LogP contribution in [0.25, 0.3) is 0 Å². The van der Waals surface area contributed by atoms with E-state index in [1.165, 1.54) is 22.3 Å². The summed E-state index contributed by atoms with van der Waals surface area (Å²) in [5, 5.41) is 0. The zero-order valence-corrected chi connectivity index (χ0v) is 11.1. The summed E-state index contributed by atoms with van der Waals surface area (Å²) in [6.45, 7) is 8.93. The summed E-state index contributed by atoms with van der Waals surface area (Å²) >= 11 is 0. The third-order valence-corrected chi connectivity index (χ3v) is 3.55. The van der Waals surface area contributed by atoms with E-state index in [4.69, 9.17) is 0 Å². The molecular formula is C17H20. The second-order valence-corrected chi connectivity index (χ2v) is 5.31. The highest BCUT2D eigenvalue weighted by atomic mass is 14.3. The van der Waals surface area contributed by atoms with Gasteiger partial charge in [-0.2, -0.15) is 0 Å². The second-order valence-electron chi connectivity index (χ2n) is 5.31. The van der Waals surface area contributed by atoms with Gasteiger partial charge in [-0.25, -0.2) is 0 Å². The molecule has 0 amide bonds. The van der Waals surface area contributed by atoms with Crippen molar-refractivity contribution in [1.29, 1.82) is 0 Å². The van der Waals surface area contributed by atoms with Crippen LogP contribution in [0, 0.1) is 13.8 Å². The van der Waals surface area contributed by atoms with Crippen molar-refractivity contribution in [3.05, 3.63) is 70.8 Å². The van der Waals surface area contributed by atoms with Crippen molar-refractivity contribution in [3.8, 4) is 0 Å². The van der Waals surface area contributed by atoms with E-state index < -0.39 is 0 Å². The van der Waals surface area contributed by atoms with E-state index in [-0.39, 0.29) is 5.41 Å². The Kier molecular flexibility index (Phi) is 3.06. The Morgan fingerprint density at radius 2 is 1.47 bits per heavy atom. The van der Waals surface area contributed by atoms with Crippen LogP contribution in [0.1, 0.15) is 36.1 Å². The average Bonchev–Trinajstić information content (AvgIpc) is 2.29. The van der Waals surface area contributed by atoms with E-state index in [2.05, 4.69) is 76.2 Å². The molecular weight excluding hydrogens is 204 g/mol. The van der Waals surface area contributed by atoms with Crippen LogP contribution in [0.2, 0.25) is 0 Å². The molecule has 88 valence electrons. The normalized spacial score (nSPS) is 11.5. The van der Waals surface area contributed by atoms with Crippen molar-refractivity contribution >= 4 is 0 Å². The maximum atomic E-state index is 2.29. The standard InChI is InChI=1S/C17H20/c1-13-10-11-16(14(2)12-13)17(3,4)15-8-6-5-7-9-15/h5-12H,1-4H3. The van der Waals surface area contributed by atoms with E-state index >= 15 is 0 Å². The Hall–Kier alpha value is -1.56. The zero-order valence-electron chi connectivity index (χ0n) is 11.1. The monoisotopic (exact) mass is 224 g/mol. The predicted octanol–water partition coefficient (Wildman–Crippen LogP) is 4.63. The lowest BCUT2D eigenvalue weighted by Gasteiger charge is -2.28. The quantitative estimate of drug-likeness (QED) is 0.697. The zero-order chi connectivity index (χ0) is 12.5. The van der Waals surface area contributed by atoms with Crippen molar-refractivity contribution in [2.45, 2.75) is 33.1 Å². The number of hydrogen-bond acceptors (Lipinski definition) is 0. The van der Waals surface area contributed by atoms with Crippen LogP contribution in [0.15, 0.2) is 48.5 Å². The highest BCUT2D eigenvalue weighted by Gasteiger charge is 2.24. The Bertz CT molecular complexity index is 507. The molecule has 0 radical (unpaired) electrons. The lowest BCUT2D eigenvalue weighted by atomic mass is 9.76. The van der Waals surface area contributed by atoms with E-state index in [1.54, 1.807) is 0 Å². The molecule has 0 aromatic heterocycles. The summed E-state index contributed by atoms with van der Waals surface area (Å²) in [6, 6.07) is 17.4. The van der Waals surface area contributed by atoms with Gasteiger partial charge in [-0.3, -0.25) is 0 Å². The first-order valence-corrected chi connectivity index (χ1v) is 6.15. The Morgan fingerprint density at radius 3 is 2.06 bits per heavy atom. The predicted molar refractivity (Wildman–Crippen MR) is 74.5 cm³/mol. The number of hydrogen-bond donors (Lipinski definition) is 0. The van der Waals surface area contributed by atoms with Crippen LogP contribution in [-0.4, -0.2) is 0 Å². The molecule has 2 rings (SSSR count). The molecule has 0 nitrogen and oxygen atoms in total. The molecule has 0 aliphatic carbocycles. The summed E-state index contributed by atoms with van der Waals surface area (Å²) in [6.07, 6.45) is 0. The molecule has 0 aliphatic rings. The van der Waals surface area contributed by atoms with Crippen molar-refractivity contribution in [3.63, 3.8) is 0 Å². The first-order valence-electron chi connectivity index (χ1n) is 6.15. The minimum absolute atomic E-state index is 0.0685. The Labute approximate surface area is 104 Å². The molecule has 17 heavy (non-hydrogen) atoms. The summed E-state index contributed by atoms with van der Waals surface area (Å²) in [5.41, 5.74) is 5.55. The molecule has 0 fully saturated rings. The van der Waals surface area contributed by atoms with Gasteiger partial charge < -0.3 is 0 Å². The lowest BCUT2D eigenvalue weighted by molar-refractivity contribution is 0.636. The Morgan fingerprint density at radius 1 is 0.824 bits per heavy atom. The molecule has 0 saturated heterocycles. The SMILES string of the molecule is Cc1ccc(C(C)(C)c2ccccc2)c(C)c1. The number of benzene rings is 2. The van der Waals surface area contributed by atoms with Crippen LogP contribution < -0.4 is 0 Å². The maximum Gasteiger partial charge on any atom is 0.0149 e. The third-order valence-electron chi connectivity index (χ3n) is 3.55. The fourth-order valence-corrected chi connectivity index (χ4v) is 2.53. The summed E-state index contributed by atoms with van der Waals surface area (Å²) < 4.78 is 0. The first-order chi connectivity index (χ1) is 8.01. The van der Waals surface area contributed by atoms with Gasteiger partial charge in [0, 0.05) is 5.41 Å². The van der Waals surface area contributed by atoms with E-state index in [0.717, 1.165) is 0 Å². The molecule has 0 bridgehead atoms. The smallest absolute Gasteiger partial charge is 0.0149 e. The fraction of sp³-hybridized carbons (Fsp3) is 0.294. The summed E-state index contributed by atoms with van der Waals surface area (Å²) in [7, 11) is 0. The molecule has 0 aliphatic heterocycles. The van der Waals surface area contributed by atoms with Crippen LogP contribution in [-0.2, 0) is 5.41 Å².